The molecule has 0 aromatic rings. The summed E-state index contributed by atoms with van der Waals surface area (Å²) in [4.78, 5) is 11.9. The number of nitrogens with one attached hydrogen (secondary N) is 1. The van der Waals surface area contributed by atoms with Gasteiger partial charge in [-0.1, -0.05) is 6.42 Å². The molecular formula is C13H24N2O2. The fourth-order valence-electron chi connectivity index (χ4n) is 2.84. The van der Waals surface area contributed by atoms with Crippen LogP contribution in [0.5, 0.6) is 0 Å². The predicted molar refractivity (Wildman–Crippen MR) is 66.5 cm³/mol. The maximum absolute atomic E-state index is 11.9. The molecule has 1 heterocycles. The Hall–Kier alpha value is -0.610. The van der Waals surface area contributed by atoms with Gasteiger partial charge in [0.15, 0.2) is 0 Å². The van der Waals surface area contributed by atoms with Crippen molar-refractivity contribution in [1.29, 1.82) is 0 Å². The first-order chi connectivity index (χ1) is 8.27. The molecule has 1 saturated heterocycles. The lowest BCUT2D eigenvalue weighted by molar-refractivity contribution is -0.125. The van der Waals surface area contributed by atoms with E-state index in [1.54, 1.807) is 0 Å². The Morgan fingerprint density at radius 1 is 1.24 bits per heavy atom. The lowest BCUT2D eigenvalue weighted by Crippen LogP contribution is -2.39. The summed E-state index contributed by atoms with van der Waals surface area (Å²) >= 11 is 0. The van der Waals surface area contributed by atoms with Crippen molar-refractivity contribution >= 4 is 5.91 Å². The number of nitrogens with two attached hydrogens (primary N) is 1. The highest BCUT2D eigenvalue weighted by molar-refractivity contribution is 5.79. The van der Waals surface area contributed by atoms with E-state index in [0.717, 1.165) is 45.3 Å². The molecule has 2 rings (SSSR count). The van der Waals surface area contributed by atoms with E-state index in [4.69, 9.17) is 10.5 Å². The van der Waals surface area contributed by atoms with E-state index in [0.29, 0.717) is 6.10 Å². The van der Waals surface area contributed by atoms with E-state index < -0.39 is 0 Å². The molecule has 3 N–H and O–H groups in total. The normalized spacial score (nSPS) is 33.6. The molecule has 0 spiro atoms. The van der Waals surface area contributed by atoms with Crippen LogP contribution in [0.2, 0.25) is 0 Å². The van der Waals surface area contributed by atoms with E-state index in [2.05, 4.69) is 5.32 Å². The molecule has 0 bridgehead atoms. The second kappa shape index (κ2) is 6.36. The van der Waals surface area contributed by atoms with E-state index in [-0.39, 0.29) is 17.9 Å². The lowest BCUT2D eigenvalue weighted by Gasteiger charge is -2.23. The fourth-order valence-corrected chi connectivity index (χ4v) is 2.84. The van der Waals surface area contributed by atoms with Gasteiger partial charge in [-0.05, 0) is 38.5 Å². The monoisotopic (exact) mass is 240 g/mol. The number of amides is 1. The number of hydrogen-bond acceptors (Lipinski definition) is 3. The van der Waals surface area contributed by atoms with Crippen molar-refractivity contribution in [3.63, 3.8) is 0 Å². The van der Waals surface area contributed by atoms with Crippen LogP contribution in [-0.4, -0.2) is 31.2 Å². The van der Waals surface area contributed by atoms with Gasteiger partial charge in [0.25, 0.3) is 0 Å². The minimum absolute atomic E-state index is 0.0438. The third-order valence-electron chi connectivity index (χ3n) is 3.95. The molecule has 0 radical (unpaired) electrons. The van der Waals surface area contributed by atoms with E-state index in [1.165, 1.54) is 12.8 Å². The molecule has 3 unspecified atom stereocenters. The van der Waals surface area contributed by atoms with Gasteiger partial charge in [-0.15, -0.1) is 0 Å². The van der Waals surface area contributed by atoms with Crippen molar-refractivity contribution in [1.82, 2.24) is 5.32 Å². The molecule has 2 fully saturated rings. The van der Waals surface area contributed by atoms with Crippen molar-refractivity contribution in [3.05, 3.63) is 0 Å². The van der Waals surface area contributed by atoms with Gasteiger partial charge in [0.1, 0.15) is 0 Å². The van der Waals surface area contributed by atoms with Crippen LogP contribution in [0.25, 0.3) is 0 Å². The summed E-state index contributed by atoms with van der Waals surface area (Å²) in [6.07, 6.45) is 7.89. The first-order valence-electron chi connectivity index (χ1n) is 6.92. The van der Waals surface area contributed by atoms with Crippen molar-refractivity contribution in [2.45, 2.75) is 57.1 Å². The van der Waals surface area contributed by atoms with Crippen LogP contribution in [0.1, 0.15) is 44.9 Å². The van der Waals surface area contributed by atoms with Crippen molar-refractivity contribution < 1.29 is 9.53 Å². The highest BCUT2D eigenvalue weighted by Crippen LogP contribution is 2.24. The summed E-state index contributed by atoms with van der Waals surface area (Å²) in [6, 6.07) is 0.0703. The average molecular weight is 240 g/mol. The largest absolute Gasteiger partial charge is 0.378 e. The Labute approximate surface area is 103 Å². The van der Waals surface area contributed by atoms with Gasteiger partial charge in [0, 0.05) is 19.2 Å². The number of ether oxygens (including phenoxy) is 1. The van der Waals surface area contributed by atoms with Gasteiger partial charge in [-0.3, -0.25) is 4.79 Å². The highest BCUT2D eigenvalue weighted by Gasteiger charge is 2.29. The highest BCUT2D eigenvalue weighted by atomic mass is 16.5. The van der Waals surface area contributed by atoms with Gasteiger partial charge in [-0.25, -0.2) is 0 Å². The quantitative estimate of drug-likeness (QED) is 0.776. The summed E-state index contributed by atoms with van der Waals surface area (Å²) in [5.41, 5.74) is 5.91. The standard InChI is InChI=1S/C13H24N2O2/c14-12-6-3-5-11(12)13(16)15-8-7-10-4-1-2-9-17-10/h10-12H,1-9,14H2,(H,15,16). The third kappa shape index (κ3) is 3.68. The first kappa shape index (κ1) is 12.8. The van der Waals surface area contributed by atoms with Crippen LogP contribution < -0.4 is 11.1 Å². The van der Waals surface area contributed by atoms with Crippen molar-refractivity contribution in [3.8, 4) is 0 Å². The van der Waals surface area contributed by atoms with Gasteiger partial charge < -0.3 is 15.8 Å². The Morgan fingerprint density at radius 3 is 2.76 bits per heavy atom. The summed E-state index contributed by atoms with van der Waals surface area (Å²) in [5.74, 6) is 0.188. The number of rotatable bonds is 4. The zero-order chi connectivity index (χ0) is 12.1. The second-order valence-corrected chi connectivity index (χ2v) is 5.27. The Balaban J connectivity index is 1.62. The minimum Gasteiger partial charge on any atom is -0.378 e. The molecule has 0 aromatic carbocycles. The SMILES string of the molecule is NC1CCCC1C(=O)NCCC1CCCCO1. The molecule has 0 aromatic heterocycles. The molecule has 17 heavy (non-hydrogen) atoms. The zero-order valence-electron chi connectivity index (χ0n) is 10.5. The molecule has 3 atom stereocenters. The molecule has 98 valence electrons. The molecule has 4 heteroatoms. The van der Waals surface area contributed by atoms with Crippen LogP contribution in [0.4, 0.5) is 0 Å². The second-order valence-electron chi connectivity index (χ2n) is 5.27. The maximum Gasteiger partial charge on any atom is 0.224 e. The smallest absolute Gasteiger partial charge is 0.224 e. The predicted octanol–water partition coefficient (Wildman–Crippen LogP) is 1.19. The first-order valence-corrected chi connectivity index (χ1v) is 6.92. The molecule has 1 saturated carbocycles. The average Bonchev–Trinajstić information content (AvgIpc) is 2.77. The number of carbonyl (C=O) groups excluding carboxylic acids is 1. The van der Waals surface area contributed by atoms with E-state index in [9.17, 15) is 4.79 Å². The van der Waals surface area contributed by atoms with E-state index >= 15 is 0 Å². The van der Waals surface area contributed by atoms with Crippen molar-refractivity contribution in [2.75, 3.05) is 13.2 Å². The molecular weight excluding hydrogens is 216 g/mol. The Bertz CT molecular complexity index is 252. The summed E-state index contributed by atoms with van der Waals surface area (Å²) < 4.78 is 5.63. The minimum atomic E-state index is 0.0438. The van der Waals surface area contributed by atoms with Crippen LogP contribution in [-0.2, 0) is 9.53 Å². The van der Waals surface area contributed by atoms with Crippen LogP contribution in [0, 0.1) is 5.92 Å². The number of hydrogen-bond donors (Lipinski definition) is 2. The third-order valence-corrected chi connectivity index (χ3v) is 3.95. The fraction of sp³-hybridized carbons (Fsp3) is 0.923. The molecule has 1 aliphatic carbocycles. The van der Waals surface area contributed by atoms with Crippen LogP contribution in [0.3, 0.4) is 0 Å². The Morgan fingerprint density at radius 2 is 2.12 bits per heavy atom. The van der Waals surface area contributed by atoms with Gasteiger partial charge >= 0.3 is 0 Å². The summed E-state index contributed by atoms with van der Waals surface area (Å²) in [7, 11) is 0. The topological polar surface area (TPSA) is 64.4 Å². The zero-order valence-corrected chi connectivity index (χ0v) is 10.5. The Kier molecular flexibility index (Phi) is 4.80. The summed E-state index contributed by atoms with van der Waals surface area (Å²) in [5, 5.41) is 3.00. The lowest BCUT2D eigenvalue weighted by atomic mass is 10.0. The van der Waals surface area contributed by atoms with Crippen LogP contribution in [0.15, 0.2) is 0 Å². The number of carbonyl (C=O) groups is 1. The van der Waals surface area contributed by atoms with Gasteiger partial charge in [0.05, 0.1) is 12.0 Å². The molecule has 1 aliphatic heterocycles. The summed E-state index contributed by atoms with van der Waals surface area (Å²) in [6.45, 7) is 1.61. The molecule has 4 nitrogen and oxygen atoms in total. The van der Waals surface area contributed by atoms with Crippen molar-refractivity contribution in [2.24, 2.45) is 11.7 Å². The molecule has 2 aliphatic rings. The van der Waals surface area contributed by atoms with Gasteiger partial charge in [-0.2, -0.15) is 0 Å². The van der Waals surface area contributed by atoms with Gasteiger partial charge in [0.2, 0.25) is 5.91 Å². The van der Waals surface area contributed by atoms with E-state index in [1.807, 2.05) is 0 Å². The maximum atomic E-state index is 11.9. The molecule has 1 amide bonds. The van der Waals surface area contributed by atoms with Crippen LogP contribution >= 0.6 is 0 Å².